The summed E-state index contributed by atoms with van der Waals surface area (Å²) < 4.78 is 8.24. The van der Waals surface area contributed by atoms with Crippen molar-refractivity contribution in [3.8, 4) is 5.75 Å². The van der Waals surface area contributed by atoms with Crippen LogP contribution in [-0.4, -0.2) is 38.8 Å². The van der Waals surface area contributed by atoms with E-state index >= 15 is 0 Å². The Morgan fingerprint density at radius 1 is 1.06 bits per heavy atom. The Hall–Kier alpha value is -3.38. The van der Waals surface area contributed by atoms with Gasteiger partial charge in [0.1, 0.15) is 12.4 Å². The van der Waals surface area contributed by atoms with Crippen molar-refractivity contribution in [3.63, 3.8) is 0 Å². The highest BCUT2D eigenvalue weighted by Crippen LogP contribution is 2.27. The largest absolute Gasteiger partial charge is 0.489 e. The van der Waals surface area contributed by atoms with Crippen molar-refractivity contribution < 1.29 is 14.6 Å². The number of benzene rings is 3. The Bertz CT molecular complexity index is 1350. The maximum absolute atomic E-state index is 11.0. The van der Waals surface area contributed by atoms with Crippen LogP contribution in [0.2, 0.25) is 0 Å². The summed E-state index contributed by atoms with van der Waals surface area (Å²) in [7, 11) is 0. The van der Waals surface area contributed by atoms with Gasteiger partial charge in [0.25, 0.3) is 0 Å². The molecule has 0 atom stereocenters. The van der Waals surface area contributed by atoms with Crippen molar-refractivity contribution in [1.82, 2.24) is 14.7 Å². The number of hydrogen-bond acceptors (Lipinski definition) is 4. The highest BCUT2D eigenvalue weighted by atomic mass is 16.5. The maximum atomic E-state index is 11.0. The summed E-state index contributed by atoms with van der Waals surface area (Å²) in [5.74, 6) is -0.0690. The fourth-order valence-electron chi connectivity index (χ4n) is 4.74. The molecule has 0 unspecified atom stereocenters. The third kappa shape index (κ3) is 4.38. The predicted molar refractivity (Wildman–Crippen MR) is 134 cm³/mol. The maximum Gasteiger partial charge on any atom is 0.309 e. The van der Waals surface area contributed by atoms with E-state index in [9.17, 15) is 4.79 Å². The SMILES string of the molecule is CCc1nn(C(C)C)c2ccc(COc3ccc4cc(CN5CC(C(=O)O)C5)ccc4c3)cc12. The molecule has 3 aromatic carbocycles. The molecule has 0 aliphatic carbocycles. The van der Waals surface area contributed by atoms with Crippen LogP contribution >= 0.6 is 0 Å². The Morgan fingerprint density at radius 3 is 2.53 bits per heavy atom. The molecule has 1 aromatic heterocycles. The third-order valence-corrected chi connectivity index (χ3v) is 6.67. The molecule has 6 heteroatoms. The number of nitrogens with zero attached hydrogens (tertiary/aromatic N) is 3. The van der Waals surface area contributed by atoms with E-state index in [4.69, 9.17) is 14.9 Å². The van der Waals surface area contributed by atoms with Crippen LogP contribution in [0, 0.1) is 5.92 Å². The zero-order valence-electron chi connectivity index (χ0n) is 20.0. The highest BCUT2D eigenvalue weighted by Gasteiger charge is 2.32. The van der Waals surface area contributed by atoms with Gasteiger partial charge in [0.05, 0.1) is 17.1 Å². The minimum Gasteiger partial charge on any atom is -0.489 e. The van der Waals surface area contributed by atoms with Crippen molar-refractivity contribution in [3.05, 3.63) is 71.4 Å². The topological polar surface area (TPSA) is 67.6 Å². The molecule has 0 bridgehead atoms. The smallest absolute Gasteiger partial charge is 0.309 e. The average Bonchev–Trinajstić information content (AvgIpc) is 3.17. The number of ether oxygens (including phenoxy) is 1. The van der Waals surface area contributed by atoms with Gasteiger partial charge in [-0.25, -0.2) is 0 Å². The number of fused-ring (bicyclic) bond motifs is 2. The molecule has 176 valence electrons. The Labute approximate surface area is 199 Å². The van der Waals surface area contributed by atoms with Crippen molar-refractivity contribution >= 4 is 27.6 Å². The fraction of sp³-hybridized carbons (Fsp3) is 0.357. The number of carboxylic acid groups (broad SMARTS) is 1. The second-order valence-electron chi connectivity index (χ2n) is 9.55. The highest BCUT2D eigenvalue weighted by molar-refractivity contribution is 5.85. The number of aromatic nitrogens is 2. The molecule has 2 heterocycles. The van der Waals surface area contributed by atoms with Crippen LogP contribution in [0.3, 0.4) is 0 Å². The molecule has 0 radical (unpaired) electrons. The molecule has 6 nitrogen and oxygen atoms in total. The molecule has 1 fully saturated rings. The molecule has 1 aliphatic heterocycles. The first-order chi connectivity index (χ1) is 16.4. The average molecular weight is 458 g/mol. The van der Waals surface area contributed by atoms with Gasteiger partial charge in [-0.2, -0.15) is 5.10 Å². The summed E-state index contributed by atoms with van der Waals surface area (Å²) in [5.41, 5.74) is 4.64. The summed E-state index contributed by atoms with van der Waals surface area (Å²) in [6.07, 6.45) is 0.908. The zero-order valence-corrected chi connectivity index (χ0v) is 20.0. The molecule has 34 heavy (non-hydrogen) atoms. The van der Waals surface area contributed by atoms with E-state index in [2.05, 4.69) is 78.9 Å². The zero-order chi connectivity index (χ0) is 23.8. The lowest BCUT2D eigenvalue weighted by atomic mass is 9.99. The van der Waals surface area contributed by atoms with Gasteiger partial charge in [-0.1, -0.05) is 31.2 Å². The minimum absolute atomic E-state index is 0.221. The van der Waals surface area contributed by atoms with E-state index in [1.807, 2.05) is 6.07 Å². The van der Waals surface area contributed by atoms with Crippen LogP contribution in [0.5, 0.6) is 5.75 Å². The number of carbonyl (C=O) groups is 1. The standard InChI is InChI=1S/C28H31N3O3/c1-4-26-25-12-20(6-10-27(25)31(29-26)18(2)3)17-34-24-9-8-21-11-19(5-7-22(21)13-24)14-30-15-23(16-30)28(32)33/h5-13,18,23H,4,14-17H2,1-3H3,(H,32,33). The second kappa shape index (κ2) is 9.11. The number of aliphatic carboxylic acids is 1. The number of hydrogen-bond donors (Lipinski definition) is 1. The number of likely N-dealkylation sites (tertiary alicyclic amines) is 1. The van der Waals surface area contributed by atoms with Crippen LogP contribution < -0.4 is 4.74 Å². The number of aryl methyl sites for hydroxylation is 1. The summed E-state index contributed by atoms with van der Waals surface area (Å²) in [5, 5.41) is 17.3. The van der Waals surface area contributed by atoms with Crippen LogP contribution in [0.1, 0.15) is 43.6 Å². The lowest BCUT2D eigenvalue weighted by Crippen LogP contribution is -2.49. The summed E-state index contributed by atoms with van der Waals surface area (Å²) in [6.45, 7) is 9.01. The van der Waals surface area contributed by atoms with Gasteiger partial charge in [-0.15, -0.1) is 0 Å². The molecule has 4 aromatic rings. The first-order valence-corrected chi connectivity index (χ1v) is 12.0. The lowest BCUT2D eigenvalue weighted by Gasteiger charge is -2.36. The van der Waals surface area contributed by atoms with Crippen LogP contribution in [0.15, 0.2) is 54.6 Å². The Kier molecular flexibility index (Phi) is 6.00. The normalized spacial score (nSPS) is 14.7. The molecular weight excluding hydrogens is 426 g/mol. The van der Waals surface area contributed by atoms with E-state index in [1.165, 1.54) is 16.5 Å². The molecule has 1 aliphatic rings. The Morgan fingerprint density at radius 2 is 1.79 bits per heavy atom. The third-order valence-electron chi connectivity index (χ3n) is 6.67. The van der Waals surface area contributed by atoms with Crippen LogP contribution in [0.4, 0.5) is 0 Å². The van der Waals surface area contributed by atoms with Gasteiger partial charge in [-0.05, 0) is 72.5 Å². The van der Waals surface area contributed by atoms with E-state index in [0.717, 1.165) is 40.7 Å². The van der Waals surface area contributed by atoms with E-state index in [1.54, 1.807) is 0 Å². The monoisotopic (exact) mass is 457 g/mol. The van der Waals surface area contributed by atoms with E-state index < -0.39 is 5.97 Å². The molecule has 1 saturated heterocycles. The van der Waals surface area contributed by atoms with Crippen molar-refractivity contribution in [2.24, 2.45) is 5.92 Å². The van der Waals surface area contributed by atoms with E-state index in [-0.39, 0.29) is 5.92 Å². The second-order valence-corrected chi connectivity index (χ2v) is 9.55. The predicted octanol–water partition coefficient (Wildman–Crippen LogP) is 5.43. The number of rotatable bonds is 8. The Balaban J connectivity index is 1.27. The molecule has 1 N–H and O–H groups in total. The molecule has 0 amide bonds. The van der Waals surface area contributed by atoms with Gasteiger partial charge < -0.3 is 9.84 Å². The van der Waals surface area contributed by atoms with Gasteiger partial charge in [0, 0.05) is 31.1 Å². The number of carboxylic acids is 1. The van der Waals surface area contributed by atoms with Gasteiger partial charge in [-0.3, -0.25) is 14.4 Å². The van der Waals surface area contributed by atoms with Crippen molar-refractivity contribution in [2.75, 3.05) is 13.1 Å². The molecule has 5 rings (SSSR count). The first-order valence-electron chi connectivity index (χ1n) is 12.0. The summed E-state index contributed by atoms with van der Waals surface area (Å²) in [6, 6.07) is 19.4. The quantitative estimate of drug-likeness (QED) is 0.382. The summed E-state index contributed by atoms with van der Waals surface area (Å²) in [4.78, 5) is 13.2. The van der Waals surface area contributed by atoms with Crippen LogP contribution in [0.25, 0.3) is 21.7 Å². The van der Waals surface area contributed by atoms with Crippen molar-refractivity contribution in [1.29, 1.82) is 0 Å². The summed E-state index contributed by atoms with van der Waals surface area (Å²) >= 11 is 0. The van der Waals surface area contributed by atoms with Crippen molar-refractivity contribution in [2.45, 2.75) is 46.4 Å². The molecule has 0 spiro atoms. The van der Waals surface area contributed by atoms with Gasteiger partial charge in [0.15, 0.2) is 0 Å². The first kappa shape index (κ1) is 22.4. The lowest BCUT2D eigenvalue weighted by molar-refractivity contribution is -0.147. The van der Waals surface area contributed by atoms with Gasteiger partial charge in [0.2, 0.25) is 0 Å². The van der Waals surface area contributed by atoms with Crippen LogP contribution in [-0.2, 0) is 24.4 Å². The minimum atomic E-state index is -0.696. The molecule has 0 saturated carbocycles. The van der Waals surface area contributed by atoms with Gasteiger partial charge >= 0.3 is 5.97 Å². The fourth-order valence-corrected chi connectivity index (χ4v) is 4.74. The van der Waals surface area contributed by atoms with E-state index in [0.29, 0.717) is 25.7 Å². The molecular formula is C28H31N3O3.